The van der Waals surface area contributed by atoms with Crippen molar-refractivity contribution in [2.24, 2.45) is 0 Å². The smallest absolute Gasteiger partial charge is 0.404 e. The van der Waals surface area contributed by atoms with E-state index in [1.165, 1.54) is 18.2 Å². The maximum absolute atomic E-state index is 13.8. The van der Waals surface area contributed by atoms with E-state index < -0.39 is 22.8 Å². The van der Waals surface area contributed by atoms with Gasteiger partial charge in [-0.25, -0.2) is 4.39 Å². The maximum Gasteiger partial charge on any atom is 0.404 e. The van der Waals surface area contributed by atoms with Gasteiger partial charge in [0.15, 0.2) is 0 Å². The van der Waals surface area contributed by atoms with Crippen LogP contribution in [0.5, 0.6) is 5.75 Å². The number of alkyl halides is 3. The molecular weight excluding hydrogens is 420 g/mol. The van der Waals surface area contributed by atoms with E-state index in [9.17, 15) is 22.7 Å². The lowest BCUT2D eigenvalue weighted by atomic mass is 9.84. The van der Waals surface area contributed by atoms with E-state index in [0.29, 0.717) is 29.8 Å². The van der Waals surface area contributed by atoms with E-state index in [1.807, 2.05) is 7.05 Å². The molecule has 0 spiro atoms. The van der Waals surface area contributed by atoms with Crippen LogP contribution in [0.1, 0.15) is 24.8 Å². The zero-order valence-electron chi connectivity index (χ0n) is 16.5. The number of piperazine rings is 1. The molecule has 9 heteroatoms. The number of thioether (sulfide) groups is 1. The van der Waals surface area contributed by atoms with Gasteiger partial charge in [-0.1, -0.05) is 6.08 Å². The number of hydrogen-bond acceptors (Lipinski definition) is 5. The lowest BCUT2D eigenvalue weighted by Crippen LogP contribution is -2.49. The van der Waals surface area contributed by atoms with E-state index >= 15 is 0 Å². The number of hydrogen-bond donors (Lipinski definition) is 2. The normalized spacial score (nSPS) is 29.4. The second-order valence-electron chi connectivity index (χ2n) is 7.97. The van der Waals surface area contributed by atoms with Crippen LogP contribution in [0, 0.1) is 5.82 Å². The molecule has 3 aliphatic heterocycles. The third kappa shape index (κ3) is 4.12. The first-order valence-electron chi connectivity index (χ1n) is 9.96. The molecule has 1 fully saturated rings. The molecule has 3 heterocycles. The van der Waals surface area contributed by atoms with Gasteiger partial charge in [0.1, 0.15) is 28.2 Å². The van der Waals surface area contributed by atoms with Crippen LogP contribution in [0.2, 0.25) is 0 Å². The molecule has 4 nitrogen and oxygen atoms in total. The Kier molecular flexibility index (Phi) is 5.91. The largest absolute Gasteiger partial charge is 0.456 e. The average molecular weight is 444 g/mol. The Labute approximate surface area is 177 Å². The van der Waals surface area contributed by atoms with E-state index in [4.69, 9.17) is 4.74 Å². The van der Waals surface area contributed by atoms with Crippen molar-refractivity contribution in [3.8, 4) is 5.75 Å². The molecule has 0 aromatic heterocycles. The highest BCUT2D eigenvalue weighted by molar-refractivity contribution is 8.04. The molecular formula is C21H24F4N2O2S. The van der Waals surface area contributed by atoms with Crippen molar-refractivity contribution in [1.82, 2.24) is 10.2 Å². The number of nitrogens with one attached hydrogen (secondary N) is 1. The first-order valence-corrected chi connectivity index (χ1v) is 10.8. The standard InChI is InChI=1S/C21H24F4N2O2S/c1-27-10-9-26-12-14(27)3-2-8-20(28)15-5-4-13(22)11-17(15)29-16-6-7-18(21(23,24)25)30-19(16)20/h4-7,11,14,18,26,28H,2-3,8-10,12H2,1H3. The monoisotopic (exact) mass is 444 g/mol. The van der Waals surface area contributed by atoms with Gasteiger partial charge in [-0.2, -0.15) is 13.2 Å². The lowest BCUT2D eigenvalue weighted by molar-refractivity contribution is -0.120. The molecule has 3 aliphatic rings. The van der Waals surface area contributed by atoms with Gasteiger partial charge in [0, 0.05) is 37.3 Å². The van der Waals surface area contributed by atoms with Gasteiger partial charge in [0.05, 0.1) is 4.91 Å². The minimum atomic E-state index is -4.44. The maximum atomic E-state index is 13.8. The highest BCUT2D eigenvalue weighted by Gasteiger charge is 2.49. The Morgan fingerprint density at radius 1 is 1.37 bits per heavy atom. The first-order chi connectivity index (χ1) is 14.2. The highest BCUT2D eigenvalue weighted by Crippen LogP contribution is 2.54. The summed E-state index contributed by atoms with van der Waals surface area (Å²) < 4.78 is 59.5. The summed E-state index contributed by atoms with van der Waals surface area (Å²) in [5, 5.41) is 13.3. The highest BCUT2D eigenvalue weighted by atomic mass is 32.2. The SMILES string of the molecule is CN1CCNCC1CCCC1(O)C2=C(C=CC(C(F)(F)F)S2)Oc2cc(F)ccc21. The Balaban J connectivity index is 1.61. The predicted octanol–water partition coefficient (Wildman–Crippen LogP) is 3.93. The Morgan fingerprint density at radius 2 is 2.17 bits per heavy atom. The topological polar surface area (TPSA) is 44.7 Å². The number of allylic oxidation sites excluding steroid dienone is 1. The fourth-order valence-corrected chi connectivity index (χ4v) is 5.40. The van der Waals surface area contributed by atoms with Crippen molar-refractivity contribution in [2.75, 3.05) is 26.7 Å². The zero-order valence-corrected chi connectivity index (χ0v) is 17.3. The third-order valence-electron chi connectivity index (χ3n) is 5.92. The Morgan fingerprint density at radius 3 is 2.90 bits per heavy atom. The first kappa shape index (κ1) is 21.7. The molecule has 4 rings (SSSR count). The summed E-state index contributed by atoms with van der Waals surface area (Å²) >= 11 is 0.560. The van der Waals surface area contributed by atoms with Crippen LogP contribution in [-0.2, 0) is 5.60 Å². The van der Waals surface area contributed by atoms with Gasteiger partial charge < -0.3 is 20.1 Å². The quantitative estimate of drug-likeness (QED) is 0.690. The molecule has 0 amide bonds. The third-order valence-corrected chi connectivity index (χ3v) is 7.37. The number of rotatable bonds is 4. The number of benzene rings is 1. The molecule has 0 aliphatic carbocycles. The van der Waals surface area contributed by atoms with Crippen LogP contribution in [0.3, 0.4) is 0 Å². The van der Waals surface area contributed by atoms with Crippen LogP contribution in [-0.4, -0.2) is 54.2 Å². The van der Waals surface area contributed by atoms with Crippen molar-refractivity contribution in [1.29, 1.82) is 0 Å². The average Bonchev–Trinajstić information content (AvgIpc) is 2.68. The molecule has 1 saturated heterocycles. The summed E-state index contributed by atoms with van der Waals surface area (Å²) in [4.78, 5) is 2.39. The summed E-state index contributed by atoms with van der Waals surface area (Å²) in [6.07, 6.45) is -0.584. The van der Waals surface area contributed by atoms with E-state index in [0.717, 1.165) is 38.2 Å². The number of halogens is 4. The van der Waals surface area contributed by atoms with Crippen molar-refractivity contribution in [3.63, 3.8) is 0 Å². The Bertz CT molecular complexity index is 873. The number of ether oxygens (including phenoxy) is 1. The molecule has 2 N–H and O–H groups in total. The molecule has 1 aromatic rings. The molecule has 3 atom stereocenters. The van der Waals surface area contributed by atoms with Gasteiger partial charge >= 0.3 is 6.18 Å². The van der Waals surface area contributed by atoms with Crippen molar-refractivity contribution in [3.05, 3.63) is 52.4 Å². The van der Waals surface area contributed by atoms with Crippen molar-refractivity contribution in [2.45, 2.75) is 42.3 Å². The van der Waals surface area contributed by atoms with Crippen LogP contribution >= 0.6 is 11.8 Å². The van der Waals surface area contributed by atoms with Crippen LogP contribution in [0.25, 0.3) is 0 Å². The molecule has 164 valence electrons. The number of aliphatic hydroxyl groups is 1. The van der Waals surface area contributed by atoms with Crippen LogP contribution in [0.15, 0.2) is 41.0 Å². The van der Waals surface area contributed by atoms with Crippen molar-refractivity contribution < 1.29 is 27.4 Å². The summed E-state index contributed by atoms with van der Waals surface area (Å²) in [6, 6.07) is 4.06. The van der Waals surface area contributed by atoms with Crippen LogP contribution < -0.4 is 10.1 Å². The van der Waals surface area contributed by atoms with Gasteiger partial charge in [-0.15, -0.1) is 11.8 Å². The Hall–Kier alpha value is -1.55. The van der Waals surface area contributed by atoms with Gasteiger partial charge in [-0.3, -0.25) is 0 Å². The van der Waals surface area contributed by atoms with Gasteiger partial charge in [-0.05, 0) is 44.5 Å². The lowest BCUT2D eigenvalue weighted by Gasteiger charge is -2.40. The number of likely N-dealkylation sites (N-methyl/N-ethyl adjacent to an activating group) is 1. The minimum Gasteiger partial charge on any atom is -0.456 e. The van der Waals surface area contributed by atoms with Gasteiger partial charge in [0.2, 0.25) is 0 Å². The molecule has 1 aromatic carbocycles. The van der Waals surface area contributed by atoms with E-state index in [2.05, 4.69) is 10.2 Å². The van der Waals surface area contributed by atoms with E-state index in [-0.39, 0.29) is 22.8 Å². The van der Waals surface area contributed by atoms with Crippen molar-refractivity contribution >= 4 is 11.8 Å². The second kappa shape index (κ2) is 8.18. The zero-order chi connectivity index (χ0) is 21.5. The summed E-state index contributed by atoms with van der Waals surface area (Å²) in [7, 11) is 2.04. The number of nitrogens with zero attached hydrogens (tertiary/aromatic N) is 1. The van der Waals surface area contributed by atoms with E-state index in [1.54, 1.807) is 0 Å². The minimum absolute atomic E-state index is 0.140. The number of fused-ring (bicyclic) bond motifs is 1. The van der Waals surface area contributed by atoms with Crippen LogP contribution in [0.4, 0.5) is 17.6 Å². The fraction of sp³-hybridized carbons (Fsp3) is 0.524. The summed E-state index contributed by atoms with van der Waals surface area (Å²) in [5.74, 6) is -0.239. The molecule has 30 heavy (non-hydrogen) atoms. The molecule has 0 saturated carbocycles. The predicted molar refractivity (Wildman–Crippen MR) is 108 cm³/mol. The second-order valence-corrected chi connectivity index (χ2v) is 9.12. The fourth-order valence-electron chi connectivity index (χ4n) is 4.22. The molecule has 3 unspecified atom stereocenters. The molecule has 0 radical (unpaired) electrons. The summed E-state index contributed by atoms with van der Waals surface area (Å²) in [6.45, 7) is 2.68. The molecule has 0 bridgehead atoms. The summed E-state index contributed by atoms with van der Waals surface area (Å²) in [5.41, 5.74) is -1.35. The van der Waals surface area contributed by atoms with Gasteiger partial charge in [0.25, 0.3) is 0 Å².